The number of amides is 1. The normalized spacial score (nSPS) is 22.2. The summed E-state index contributed by atoms with van der Waals surface area (Å²) in [6.45, 7) is 2.89. The molecule has 1 aromatic heterocycles. The Kier molecular flexibility index (Phi) is 6.01. The van der Waals surface area contributed by atoms with Crippen molar-refractivity contribution < 1.29 is 9.90 Å². The Hall–Kier alpha value is -2.18. The first kappa shape index (κ1) is 20.1. The van der Waals surface area contributed by atoms with Crippen molar-refractivity contribution in [2.45, 2.75) is 70.2 Å². The Labute approximate surface area is 172 Å². The first-order valence-electron chi connectivity index (χ1n) is 10.9. The van der Waals surface area contributed by atoms with Crippen molar-refractivity contribution in [1.82, 2.24) is 14.5 Å². The molecule has 1 aliphatic heterocycles. The molecule has 3 N–H and O–H groups in total. The van der Waals surface area contributed by atoms with Crippen LogP contribution < -0.4 is 5.73 Å². The Bertz CT molecular complexity index is 827. The molecular formula is C23H32N4O2. The number of fused-ring (bicyclic) bond motifs is 1. The molecule has 2 heterocycles. The third-order valence-corrected chi connectivity index (χ3v) is 6.50. The van der Waals surface area contributed by atoms with Crippen LogP contribution in [0.25, 0.3) is 11.3 Å². The van der Waals surface area contributed by atoms with Crippen LogP contribution in [0.5, 0.6) is 0 Å². The summed E-state index contributed by atoms with van der Waals surface area (Å²) in [5.74, 6) is 1.39. The summed E-state index contributed by atoms with van der Waals surface area (Å²) in [7, 11) is 0. The zero-order chi connectivity index (χ0) is 20.4. The second-order valence-corrected chi connectivity index (χ2v) is 8.60. The summed E-state index contributed by atoms with van der Waals surface area (Å²) >= 11 is 0. The highest BCUT2D eigenvalue weighted by Gasteiger charge is 2.37. The zero-order valence-electron chi connectivity index (χ0n) is 17.2. The molecule has 1 aliphatic carbocycles. The number of hydrogen-bond acceptors (Lipinski definition) is 4. The molecule has 0 unspecified atom stereocenters. The van der Waals surface area contributed by atoms with Crippen molar-refractivity contribution in [3.8, 4) is 11.3 Å². The van der Waals surface area contributed by atoms with Crippen molar-refractivity contribution in [2.24, 2.45) is 11.7 Å². The first-order chi connectivity index (χ1) is 14.0. The lowest BCUT2D eigenvalue weighted by molar-refractivity contribution is -0.139. The number of aliphatic hydroxyl groups is 1. The molecule has 1 amide bonds. The van der Waals surface area contributed by atoms with Crippen molar-refractivity contribution in [2.75, 3.05) is 6.54 Å². The molecule has 3 atom stereocenters. The molecule has 1 saturated carbocycles. The fourth-order valence-electron chi connectivity index (χ4n) is 4.77. The minimum Gasteiger partial charge on any atom is -0.391 e. The van der Waals surface area contributed by atoms with Gasteiger partial charge in [0.25, 0.3) is 0 Å². The predicted octanol–water partition coefficient (Wildman–Crippen LogP) is 3.11. The monoisotopic (exact) mass is 396 g/mol. The van der Waals surface area contributed by atoms with Gasteiger partial charge >= 0.3 is 0 Å². The maximum absolute atomic E-state index is 13.1. The van der Waals surface area contributed by atoms with Crippen LogP contribution in [0.15, 0.2) is 36.5 Å². The van der Waals surface area contributed by atoms with Gasteiger partial charge in [-0.15, -0.1) is 0 Å². The van der Waals surface area contributed by atoms with E-state index in [1.54, 1.807) is 6.92 Å². The second-order valence-electron chi connectivity index (χ2n) is 8.60. The molecule has 0 radical (unpaired) electrons. The molecule has 29 heavy (non-hydrogen) atoms. The second kappa shape index (κ2) is 8.67. The summed E-state index contributed by atoms with van der Waals surface area (Å²) in [4.78, 5) is 19.9. The van der Waals surface area contributed by atoms with E-state index >= 15 is 0 Å². The number of carbonyl (C=O) groups is 1. The molecule has 1 aromatic carbocycles. The van der Waals surface area contributed by atoms with Crippen LogP contribution in [0.3, 0.4) is 0 Å². The van der Waals surface area contributed by atoms with Gasteiger partial charge in [-0.05, 0) is 19.3 Å². The van der Waals surface area contributed by atoms with E-state index in [0.717, 1.165) is 23.5 Å². The lowest BCUT2D eigenvalue weighted by atomic mass is 9.84. The number of aliphatic hydroxyl groups excluding tert-OH is 1. The third-order valence-electron chi connectivity index (χ3n) is 6.50. The number of nitrogens with two attached hydrogens (primary N) is 1. The van der Waals surface area contributed by atoms with E-state index in [0.29, 0.717) is 19.0 Å². The van der Waals surface area contributed by atoms with E-state index in [1.165, 1.54) is 32.1 Å². The summed E-state index contributed by atoms with van der Waals surface area (Å²) in [5, 5.41) is 9.88. The molecular weight excluding hydrogens is 364 g/mol. The maximum Gasteiger partial charge on any atom is 0.242 e. The van der Waals surface area contributed by atoms with Crippen LogP contribution in [-0.2, 0) is 11.3 Å². The van der Waals surface area contributed by atoms with Gasteiger partial charge in [-0.25, -0.2) is 4.98 Å². The van der Waals surface area contributed by atoms with Gasteiger partial charge in [0.1, 0.15) is 11.9 Å². The van der Waals surface area contributed by atoms with Crippen LogP contribution in [0, 0.1) is 5.92 Å². The fraction of sp³-hybridized carbons (Fsp3) is 0.565. The van der Waals surface area contributed by atoms with Crippen molar-refractivity contribution in [1.29, 1.82) is 0 Å². The fourth-order valence-corrected chi connectivity index (χ4v) is 4.77. The van der Waals surface area contributed by atoms with Gasteiger partial charge in [0.2, 0.25) is 5.91 Å². The Morgan fingerprint density at radius 3 is 2.62 bits per heavy atom. The van der Waals surface area contributed by atoms with Gasteiger partial charge in [0.15, 0.2) is 0 Å². The van der Waals surface area contributed by atoms with E-state index in [1.807, 2.05) is 23.1 Å². The number of aromatic nitrogens is 2. The average Bonchev–Trinajstić information content (AvgIpc) is 3.19. The molecule has 4 rings (SSSR count). The molecule has 0 saturated heterocycles. The van der Waals surface area contributed by atoms with E-state index in [4.69, 9.17) is 10.7 Å². The van der Waals surface area contributed by atoms with E-state index < -0.39 is 12.1 Å². The predicted molar refractivity (Wildman–Crippen MR) is 113 cm³/mol. The van der Waals surface area contributed by atoms with Gasteiger partial charge in [0.05, 0.1) is 17.8 Å². The Balaban J connectivity index is 1.66. The molecule has 2 aliphatic rings. The van der Waals surface area contributed by atoms with Crippen LogP contribution in [0.2, 0.25) is 0 Å². The van der Waals surface area contributed by atoms with Crippen LogP contribution in [-0.4, -0.2) is 44.2 Å². The SMILES string of the molecule is C[C@@H](O)[C@H](N)C(=O)N1CCn2cc(-c3ccccc3)nc2[C@@H]1CC1CCCCC1. The minimum absolute atomic E-state index is 0.0818. The lowest BCUT2D eigenvalue weighted by Crippen LogP contribution is -2.53. The number of rotatable bonds is 5. The van der Waals surface area contributed by atoms with Crippen LogP contribution >= 0.6 is 0 Å². The van der Waals surface area contributed by atoms with E-state index in [-0.39, 0.29) is 11.9 Å². The average molecular weight is 397 g/mol. The summed E-state index contributed by atoms with van der Waals surface area (Å²) in [6, 6.07) is 9.20. The number of imidazole rings is 1. The number of carbonyl (C=O) groups excluding carboxylic acids is 1. The lowest BCUT2D eigenvalue weighted by Gasteiger charge is -2.39. The maximum atomic E-state index is 13.1. The highest BCUT2D eigenvalue weighted by molar-refractivity contribution is 5.82. The zero-order valence-corrected chi connectivity index (χ0v) is 17.2. The Morgan fingerprint density at radius 1 is 1.21 bits per heavy atom. The molecule has 6 nitrogen and oxygen atoms in total. The highest BCUT2D eigenvalue weighted by atomic mass is 16.3. The van der Waals surface area contributed by atoms with Gasteiger partial charge in [0, 0.05) is 24.8 Å². The smallest absolute Gasteiger partial charge is 0.242 e. The van der Waals surface area contributed by atoms with Gasteiger partial charge in [-0.3, -0.25) is 4.79 Å². The van der Waals surface area contributed by atoms with Crippen LogP contribution in [0.1, 0.15) is 57.3 Å². The van der Waals surface area contributed by atoms with E-state index in [9.17, 15) is 9.90 Å². The first-order valence-corrected chi connectivity index (χ1v) is 10.9. The topological polar surface area (TPSA) is 84.4 Å². The number of hydrogen-bond donors (Lipinski definition) is 2. The summed E-state index contributed by atoms with van der Waals surface area (Å²) in [6.07, 6.45) is 8.44. The van der Waals surface area contributed by atoms with Crippen molar-refractivity contribution in [3.63, 3.8) is 0 Å². The van der Waals surface area contributed by atoms with Crippen molar-refractivity contribution >= 4 is 5.91 Å². The highest BCUT2D eigenvalue weighted by Crippen LogP contribution is 2.37. The molecule has 2 aromatic rings. The molecule has 0 spiro atoms. The van der Waals surface area contributed by atoms with E-state index in [2.05, 4.69) is 22.9 Å². The largest absolute Gasteiger partial charge is 0.391 e. The number of nitrogens with zero attached hydrogens (tertiary/aromatic N) is 3. The molecule has 6 heteroatoms. The quantitative estimate of drug-likeness (QED) is 0.813. The standard InChI is InChI=1S/C23H32N4O2/c1-16(28)21(24)23(29)27-13-12-26-15-19(18-10-6-3-7-11-18)25-22(26)20(27)14-17-8-4-2-5-9-17/h3,6-7,10-11,15-17,20-21,28H,2,4-5,8-9,12-14,24H2,1H3/t16-,20+,21+/m1/s1. The Morgan fingerprint density at radius 2 is 1.93 bits per heavy atom. The third kappa shape index (κ3) is 4.23. The summed E-state index contributed by atoms with van der Waals surface area (Å²) < 4.78 is 2.20. The molecule has 156 valence electrons. The van der Waals surface area contributed by atoms with Gasteiger partial charge in [-0.2, -0.15) is 0 Å². The molecule has 1 fully saturated rings. The van der Waals surface area contributed by atoms with Gasteiger partial charge in [-0.1, -0.05) is 62.4 Å². The van der Waals surface area contributed by atoms with Gasteiger partial charge < -0.3 is 20.3 Å². The molecule has 0 bridgehead atoms. The number of benzene rings is 1. The van der Waals surface area contributed by atoms with Crippen molar-refractivity contribution in [3.05, 3.63) is 42.4 Å². The minimum atomic E-state index is -0.890. The summed E-state index contributed by atoms with van der Waals surface area (Å²) in [5.41, 5.74) is 8.07. The van der Waals surface area contributed by atoms with Crippen LogP contribution in [0.4, 0.5) is 0 Å².